The molecule has 1 aromatic rings. The molecule has 3 heteroatoms. The van der Waals surface area contributed by atoms with Crippen LogP contribution in [0.15, 0.2) is 6.20 Å². The minimum absolute atomic E-state index is 0.0225. The van der Waals surface area contributed by atoms with Gasteiger partial charge in [-0.05, 0) is 32.6 Å². The standard InChI is InChI=1S/C13H21N3/c1-2-16-12(10-5-3-4-6-10)11(9-15-16)13(14)7-8-13/h9-10H,2-8,14H2,1H3. The lowest BCUT2D eigenvalue weighted by Gasteiger charge is -2.17. The van der Waals surface area contributed by atoms with Gasteiger partial charge in [0, 0.05) is 29.3 Å². The zero-order valence-electron chi connectivity index (χ0n) is 10.1. The molecule has 0 atom stereocenters. The van der Waals surface area contributed by atoms with E-state index in [9.17, 15) is 0 Å². The minimum Gasteiger partial charge on any atom is -0.321 e. The Morgan fingerprint density at radius 1 is 1.44 bits per heavy atom. The fourth-order valence-electron chi connectivity index (χ4n) is 3.06. The summed E-state index contributed by atoms with van der Waals surface area (Å²) in [5, 5.41) is 4.52. The predicted octanol–water partition coefficient (Wildman–Crippen LogP) is 2.51. The maximum Gasteiger partial charge on any atom is 0.0543 e. The molecule has 1 aromatic heterocycles. The molecule has 0 saturated heterocycles. The number of hydrogen-bond donors (Lipinski definition) is 1. The van der Waals surface area contributed by atoms with E-state index in [4.69, 9.17) is 5.73 Å². The van der Waals surface area contributed by atoms with Crippen LogP contribution in [0.2, 0.25) is 0 Å². The lowest BCUT2D eigenvalue weighted by Crippen LogP contribution is -2.21. The van der Waals surface area contributed by atoms with Crippen LogP contribution in [0.5, 0.6) is 0 Å². The minimum atomic E-state index is -0.0225. The van der Waals surface area contributed by atoms with Crippen molar-refractivity contribution in [2.24, 2.45) is 5.73 Å². The molecule has 1 heterocycles. The molecule has 2 aliphatic rings. The van der Waals surface area contributed by atoms with Gasteiger partial charge in [0.1, 0.15) is 0 Å². The van der Waals surface area contributed by atoms with Gasteiger partial charge < -0.3 is 5.73 Å². The van der Waals surface area contributed by atoms with E-state index in [1.165, 1.54) is 36.9 Å². The SMILES string of the molecule is CCn1ncc(C2(N)CC2)c1C1CCCC1. The molecule has 2 saturated carbocycles. The molecule has 2 N–H and O–H groups in total. The predicted molar refractivity (Wildman–Crippen MR) is 64.2 cm³/mol. The van der Waals surface area contributed by atoms with E-state index >= 15 is 0 Å². The first-order valence-corrected chi connectivity index (χ1v) is 6.59. The lowest BCUT2D eigenvalue weighted by atomic mass is 9.95. The number of aryl methyl sites for hydroxylation is 1. The van der Waals surface area contributed by atoms with Crippen LogP contribution >= 0.6 is 0 Å². The average Bonchev–Trinajstić information content (AvgIpc) is 2.79. The molecule has 3 rings (SSSR count). The molecule has 0 aliphatic heterocycles. The van der Waals surface area contributed by atoms with Gasteiger partial charge in [0.05, 0.1) is 6.20 Å². The number of aromatic nitrogens is 2. The number of hydrogen-bond acceptors (Lipinski definition) is 2. The highest BCUT2D eigenvalue weighted by molar-refractivity contribution is 5.34. The topological polar surface area (TPSA) is 43.8 Å². The normalized spacial score (nSPS) is 23.9. The Morgan fingerprint density at radius 2 is 2.12 bits per heavy atom. The first-order chi connectivity index (χ1) is 7.74. The first kappa shape index (κ1) is 10.3. The van der Waals surface area contributed by atoms with Gasteiger partial charge in [-0.15, -0.1) is 0 Å². The van der Waals surface area contributed by atoms with Crippen molar-refractivity contribution in [3.05, 3.63) is 17.5 Å². The largest absolute Gasteiger partial charge is 0.321 e. The van der Waals surface area contributed by atoms with Gasteiger partial charge >= 0.3 is 0 Å². The Balaban J connectivity index is 2.01. The maximum atomic E-state index is 6.35. The van der Waals surface area contributed by atoms with Crippen molar-refractivity contribution in [1.82, 2.24) is 9.78 Å². The molecule has 16 heavy (non-hydrogen) atoms. The van der Waals surface area contributed by atoms with Gasteiger partial charge in [-0.25, -0.2) is 0 Å². The van der Waals surface area contributed by atoms with Crippen LogP contribution in [0.4, 0.5) is 0 Å². The molecule has 3 nitrogen and oxygen atoms in total. The van der Waals surface area contributed by atoms with Gasteiger partial charge in [0.2, 0.25) is 0 Å². The van der Waals surface area contributed by atoms with Crippen molar-refractivity contribution in [3.63, 3.8) is 0 Å². The van der Waals surface area contributed by atoms with Crippen molar-refractivity contribution >= 4 is 0 Å². The van der Waals surface area contributed by atoms with E-state index in [1.807, 2.05) is 6.20 Å². The van der Waals surface area contributed by atoms with Gasteiger partial charge in [0.25, 0.3) is 0 Å². The average molecular weight is 219 g/mol. The summed E-state index contributed by atoms with van der Waals surface area (Å²) < 4.78 is 2.18. The highest BCUT2D eigenvalue weighted by Crippen LogP contribution is 2.47. The van der Waals surface area contributed by atoms with Crippen molar-refractivity contribution < 1.29 is 0 Å². The molecule has 0 aromatic carbocycles. The fourth-order valence-corrected chi connectivity index (χ4v) is 3.06. The molecular weight excluding hydrogens is 198 g/mol. The van der Waals surface area contributed by atoms with E-state index < -0.39 is 0 Å². The molecule has 0 unspecified atom stereocenters. The highest BCUT2D eigenvalue weighted by Gasteiger charge is 2.44. The van der Waals surface area contributed by atoms with E-state index in [-0.39, 0.29) is 5.54 Å². The molecule has 2 fully saturated rings. The monoisotopic (exact) mass is 219 g/mol. The number of rotatable bonds is 3. The van der Waals surface area contributed by atoms with Crippen LogP contribution in [0.3, 0.4) is 0 Å². The fraction of sp³-hybridized carbons (Fsp3) is 0.769. The number of nitrogens with zero attached hydrogens (tertiary/aromatic N) is 2. The van der Waals surface area contributed by atoms with Gasteiger partial charge in [-0.1, -0.05) is 12.8 Å². The molecule has 88 valence electrons. The third-order valence-electron chi connectivity index (χ3n) is 4.25. The lowest BCUT2D eigenvalue weighted by molar-refractivity contribution is 0.557. The molecule has 0 spiro atoms. The molecule has 0 radical (unpaired) electrons. The molecule has 0 bridgehead atoms. The summed E-state index contributed by atoms with van der Waals surface area (Å²) in [6.45, 7) is 3.15. The summed E-state index contributed by atoms with van der Waals surface area (Å²) in [6, 6.07) is 0. The van der Waals surface area contributed by atoms with Crippen molar-refractivity contribution in [3.8, 4) is 0 Å². The van der Waals surface area contributed by atoms with Crippen molar-refractivity contribution in [2.75, 3.05) is 0 Å². The van der Waals surface area contributed by atoms with Crippen LogP contribution in [-0.4, -0.2) is 9.78 Å². The van der Waals surface area contributed by atoms with Crippen LogP contribution in [-0.2, 0) is 12.1 Å². The Hall–Kier alpha value is -0.830. The van der Waals surface area contributed by atoms with E-state index in [2.05, 4.69) is 16.7 Å². The second-order valence-electron chi connectivity index (χ2n) is 5.40. The van der Waals surface area contributed by atoms with Crippen LogP contribution in [0, 0.1) is 0 Å². The maximum absolute atomic E-state index is 6.35. The summed E-state index contributed by atoms with van der Waals surface area (Å²) in [4.78, 5) is 0. The second kappa shape index (κ2) is 3.59. The summed E-state index contributed by atoms with van der Waals surface area (Å²) in [5.41, 5.74) is 9.14. The van der Waals surface area contributed by atoms with E-state index in [1.54, 1.807) is 0 Å². The van der Waals surface area contributed by atoms with Gasteiger partial charge in [-0.2, -0.15) is 5.10 Å². The summed E-state index contributed by atoms with van der Waals surface area (Å²) >= 11 is 0. The highest BCUT2D eigenvalue weighted by atomic mass is 15.3. The summed E-state index contributed by atoms with van der Waals surface area (Å²) in [7, 11) is 0. The van der Waals surface area contributed by atoms with Crippen LogP contribution in [0.1, 0.15) is 62.6 Å². The van der Waals surface area contributed by atoms with E-state index in [0.29, 0.717) is 0 Å². The van der Waals surface area contributed by atoms with Crippen molar-refractivity contribution in [1.29, 1.82) is 0 Å². The van der Waals surface area contributed by atoms with Crippen LogP contribution < -0.4 is 5.73 Å². The quantitative estimate of drug-likeness (QED) is 0.849. The molecule has 0 amide bonds. The first-order valence-electron chi connectivity index (χ1n) is 6.59. The van der Waals surface area contributed by atoms with E-state index in [0.717, 1.165) is 25.3 Å². The van der Waals surface area contributed by atoms with Gasteiger partial charge in [0.15, 0.2) is 0 Å². The Kier molecular flexibility index (Phi) is 2.32. The third-order valence-corrected chi connectivity index (χ3v) is 4.25. The Morgan fingerprint density at radius 3 is 2.69 bits per heavy atom. The Labute approximate surface area is 97.0 Å². The zero-order chi connectivity index (χ0) is 11.2. The summed E-state index contributed by atoms with van der Waals surface area (Å²) in [6.07, 6.45) is 9.71. The van der Waals surface area contributed by atoms with Crippen LogP contribution in [0.25, 0.3) is 0 Å². The second-order valence-corrected chi connectivity index (χ2v) is 5.40. The molecular formula is C13H21N3. The van der Waals surface area contributed by atoms with Gasteiger partial charge in [-0.3, -0.25) is 4.68 Å². The summed E-state index contributed by atoms with van der Waals surface area (Å²) in [5.74, 6) is 0.721. The smallest absolute Gasteiger partial charge is 0.0543 e. The Bertz CT molecular complexity index is 384. The zero-order valence-corrected chi connectivity index (χ0v) is 10.1. The number of nitrogens with two attached hydrogens (primary N) is 1. The van der Waals surface area contributed by atoms with Crippen molar-refractivity contribution in [2.45, 2.75) is 63.5 Å². The third kappa shape index (κ3) is 1.49. The molecule has 2 aliphatic carbocycles.